The minimum Gasteiger partial charge on any atom is -0.383 e. The van der Waals surface area contributed by atoms with Crippen molar-refractivity contribution in [1.29, 1.82) is 0 Å². The maximum absolute atomic E-state index is 13.1. The summed E-state index contributed by atoms with van der Waals surface area (Å²) in [7, 11) is -1.80. The first-order chi connectivity index (χ1) is 10.5. The van der Waals surface area contributed by atoms with E-state index in [4.69, 9.17) is 4.74 Å². The summed E-state index contributed by atoms with van der Waals surface area (Å²) >= 11 is 0. The van der Waals surface area contributed by atoms with Crippen LogP contribution in [0.25, 0.3) is 0 Å². The third-order valence-corrected chi connectivity index (χ3v) is 5.19. The molecule has 2 rings (SSSR count). The van der Waals surface area contributed by atoms with Crippen LogP contribution in [0.15, 0.2) is 24.3 Å². The maximum Gasteiger partial charge on any atom is 0.215 e. The number of nitrogens with zero attached hydrogens (tertiary/aromatic N) is 1. The van der Waals surface area contributed by atoms with Gasteiger partial charge in [-0.1, -0.05) is 12.1 Å². The lowest BCUT2D eigenvalue weighted by atomic mass is 10.2. The van der Waals surface area contributed by atoms with Crippen LogP contribution in [0.3, 0.4) is 0 Å². The van der Waals surface area contributed by atoms with Crippen molar-refractivity contribution in [3.05, 3.63) is 35.6 Å². The van der Waals surface area contributed by atoms with Gasteiger partial charge in [0, 0.05) is 26.2 Å². The van der Waals surface area contributed by atoms with Crippen molar-refractivity contribution in [3.63, 3.8) is 0 Å². The van der Waals surface area contributed by atoms with Crippen molar-refractivity contribution < 1.29 is 17.5 Å². The SMILES string of the molecule is COCCN1CCCC1CNS(=O)(=O)Cc1cccc(F)c1. The number of rotatable bonds is 8. The van der Waals surface area contributed by atoms with Gasteiger partial charge in [-0.25, -0.2) is 17.5 Å². The molecule has 0 amide bonds. The predicted octanol–water partition coefficient (Wildman–Crippen LogP) is 1.36. The molecule has 1 N–H and O–H groups in total. The molecule has 0 aromatic heterocycles. The van der Waals surface area contributed by atoms with E-state index in [2.05, 4.69) is 9.62 Å². The van der Waals surface area contributed by atoms with Gasteiger partial charge < -0.3 is 4.74 Å². The number of halogens is 1. The van der Waals surface area contributed by atoms with Crippen LogP contribution in [0.1, 0.15) is 18.4 Å². The summed E-state index contributed by atoms with van der Waals surface area (Å²) in [6.07, 6.45) is 2.05. The molecular weight excluding hydrogens is 307 g/mol. The number of nitrogens with one attached hydrogen (secondary N) is 1. The molecular formula is C15H23FN2O3S. The zero-order valence-electron chi connectivity index (χ0n) is 12.8. The van der Waals surface area contributed by atoms with Crippen LogP contribution in [0.4, 0.5) is 4.39 Å². The van der Waals surface area contributed by atoms with Crippen LogP contribution in [-0.4, -0.2) is 52.7 Å². The molecule has 1 aliphatic heterocycles. The van der Waals surface area contributed by atoms with Gasteiger partial charge in [0.05, 0.1) is 12.4 Å². The standard InChI is InChI=1S/C15H23FN2O3S/c1-21-9-8-18-7-3-6-15(18)11-17-22(19,20)12-13-4-2-5-14(16)10-13/h2,4-5,10,15,17H,3,6-9,11-12H2,1H3. The Morgan fingerprint density at radius 1 is 1.45 bits per heavy atom. The minimum atomic E-state index is -3.46. The van der Waals surface area contributed by atoms with Crippen LogP contribution in [0, 0.1) is 5.82 Å². The fourth-order valence-corrected chi connectivity index (χ4v) is 3.92. The number of hydrogen-bond donors (Lipinski definition) is 1. The normalized spacial score (nSPS) is 19.6. The van der Waals surface area contributed by atoms with E-state index in [-0.39, 0.29) is 11.8 Å². The van der Waals surface area contributed by atoms with Gasteiger partial charge in [0.25, 0.3) is 0 Å². The summed E-state index contributed by atoms with van der Waals surface area (Å²) in [4.78, 5) is 2.24. The number of benzene rings is 1. The maximum atomic E-state index is 13.1. The Hall–Kier alpha value is -1.02. The Kier molecular flexibility index (Phi) is 6.31. The highest BCUT2D eigenvalue weighted by Crippen LogP contribution is 2.16. The van der Waals surface area contributed by atoms with E-state index in [1.165, 1.54) is 18.2 Å². The molecule has 1 aromatic rings. The number of ether oxygens (including phenoxy) is 1. The molecule has 1 aromatic carbocycles. The van der Waals surface area contributed by atoms with Crippen molar-refractivity contribution in [2.24, 2.45) is 0 Å². The van der Waals surface area contributed by atoms with Crippen LogP contribution in [0.2, 0.25) is 0 Å². The molecule has 22 heavy (non-hydrogen) atoms. The van der Waals surface area contributed by atoms with Gasteiger partial charge in [0.1, 0.15) is 5.82 Å². The van der Waals surface area contributed by atoms with Crippen molar-refractivity contribution in [1.82, 2.24) is 9.62 Å². The van der Waals surface area contributed by atoms with Gasteiger partial charge in [-0.05, 0) is 37.1 Å². The molecule has 1 heterocycles. The summed E-state index contributed by atoms with van der Waals surface area (Å²) in [6, 6.07) is 5.89. The molecule has 1 aliphatic rings. The lowest BCUT2D eigenvalue weighted by molar-refractivity contribution is 0.141. The average Bonchev–Trinajstić information content (AvgIpc) is 2.90. The van der Waals surface area contributed by atoms with Gasteiger partial charge in [-0.2, -0.15) is 0 Å². The van der Waals surface area contributed by atoms with E-state index < -0.39 is 15.8 Å². The number of methoxy groups -OCH3 is 1. The number of hydrogen-bond acceptors (Lipinski definition) is 4. The molecule has 124 valence electrons. The van der Waals surface area contributed by atoms with Crippen LogP contribution in [-0.2, 0) is 20.5 Å². The molecule has 0 bridgehead atoms. The summed E-state index contributed by atoms with van der Waals surface area (Å²) in [6.45, 7) is 2.82. The van der Waals surface area contributed by atoms with E-state index in [9.17, 15) is 12.8 Å². The van der Waals surface area contributed by atoms with Crippen LogP contribution in [0.5, 0.6) is 0 Å². The monoisotopic (exact) mass is 330 g/mol. The Morgan fingerprint density at radius 3 is 3.00 bits per heavy atom. The Balaban J connectivity index is 1.86. The first kappa shape index (κ1) is 17.3. The van der Waals surface area contributed by atoms with Crippen LogP contribution < -0.4 is 4.72 Å². The van der Waals surface area contributed by atoms with Gasteiger partial charge in [-0.3, -0.25) is 4.90 Å². The lowest BCUT2D eigenvalue weighted by Gasteiger charge is -2.24. The second-order valence-corrected chi connectivity index (χ2v) is 7.37. The quantitative estimate of drug-likeness (QED) is 0.782. The second-order valence-electron chi connectivity index (χ2n) is 5.56. The highest BCUT2D eigenvalue weighted by atomic mass is 32.2. The largest absolute Gasteiger partial charge is 0.383 e. The topological polar surface area (TPSA) is 58.6 Å². The second kappa shape index (κ2) is 8.01. The van der Waals surface area contributed by atoms with E-state index in [1.807, 2.05) is 0 Å². The summed E-state index contributed by atoms with van der Waals surface area (Å²) < 4.78 is 45.0. The van der Waals surface area contributed by atoms with E-state index in [0.717, 1.165) is 25.9 Å². The summed E-state index contributed by atoms with van der Waals surface area (Å²) in [5, 5.41) is 0. The highest BCUT2D eigenvalue weighted by Gasteiger charge is 2.25. The van der Waals surface area contributed by atoms with Gasteiger partial charge in [0.2, 0.25) is 10.0 Å². The van der Waals surface area contributed by atoms with E-state index in [0.29, 0.717) is 18.7 Å². The van der Waals surface area contributed by atoms with Crippen molar-refractivity contribution in [2.45, 2.75) is 24.6 Å². The van der Waals surface area contributed by atoms with Gasteiger partial charge >= 0.3 is 0 Å². The summed E-state index contributed by atoms with van der Waals surface area (Å²) in [5.41, 5.74) is 0.454. The molecule has 0 aliphatic carbocycles. The molecule has 1 atom stereocenters. The third kappa shape index (κ3) is 5.31. The number of likely N-dealkylation sites (tertiary alicyclic amines) is 1. The fraction of sp³-hybridized carbons (Fsp3) is 0.600. The zero-order valence-corrected chi connectivity index (χ0v) is 13.6. The summed E-state index contributed by atoms with van der Waals surface area (Å²) in [5.74, 6) is -0.621. The first-order valence-corrected chi connectivity index (χ1v) is 9.10. The molecule has 0 spiro atoms. The minimum absolute atomic E-state index is 0.199. The smallest absolute Gasteiger partial charge is 0.215 e. The Labute approximate surface area is 131 Å². The molecule has 0 radical (unpaired) electrons. The molecule has 7 heteroatoms. The molecule has 1 unspecified atom stereocenters. The number of sulfonamides is 1. The first-order valence-electron chi connectivity index (χ1n) is 7.45. The van der Waals surface area contributed by atoms with E-state index >= 15 is 0 Å². The average molecular weight is 330 g/mol. The van der Waals surface area contributed by atoms with E-state index in [1.54, 1.807) is 13.2 Å². The Morgan fingerprint density at radius 2 is 2.27 bits per heavy atom. The molecule has 5 nitrogen and oxygen atoms in total. The lowest BCUT2D eigenvalue weighted by Crippen LogP contribution is -2.41. The van der Waals surface area contributed by atoms with Crippen molar-refractivity contribution in [3.8, 4) is 0 Å². The van der Waals surface area contributed by atoms with Gasteiger partial charge in [-0.15, -0.1) is 0 Å². The fourth-order valence-electron chi connectivity index (χ4n) is 2.75. The Bertz CT molecular complexity index is 580. The van der Waals surface area contributed by atoms with Crippen LogP contribution >= 0.6 is 0 Å². The van der Waals surface area contributed by atoms with Crippen molar-refractivity contribution >= 4 is 10.0 Å². The molecule has 0 saturated carbocycles. The highest BCUT2D eigenvalue weighted by molar-refractivity contribution is 7.88. The third-order valence-electron chi connectivity index (χ3n) is 3.87. The van der Waals surface area contributed by atoms with Crippen molar-refractivity contribution in [2.75, 3.05) is 33.4 Å². The zero-order chi connectivity index (χ0) is 16.0. The molecule has 1 saturated heterocycles. The molecule has 1 fully saturated rings. The predicted molar refractivity (Wildman–Crippen MR) is 83.5 cm³/mol. The van der Waals surface area contributed by atoms with Gasteiger partial charge in [0.15, 0.2) is 0 Å².